The predicted octanol–water partition coefficient (Wildman–Crippen LogP) is 3.07. The Kier molecular flexibility index (Phi) is 11.1. The first-order chi connectivity index (χ1) is 11.7. The van der Waals surface area contributed by atoms with E-state index in [-0.39, 0.29) is 30.5 Å². The van der Waals surface area contributed by atoms with Crippen molar-refractivity contribution in [1.29, 1.82) is 0 Å². The molecule has 2 aromatic heterocycles. The largest absolute Gasteiger partial charge is 0.469 e. The average Bonchev–Trinajstić information content (AvgIpc) is 3.23. The first kappa shape index (κ1) is 22.2. The number of aliphatic imine (C=N–C) groups is 1. The number of halogens is 2. The van der Waals surface area contributed by atoms with E-state index in [1.54, 1.807) is 19.4 Å². The molecular formula is C16H23ClIN3O3S. The maximum absolute atomic E-state index is 10.2. The van der Waals surface area contributed by atoms with Crippen molar-refractivity contribution in [2.75, 3.05) is 33.4 Å². The fraction of sp³-hybridized carbons (Fsp3) is 0.438. The number of furan rings is 1. The molecule has 140 valence electrons. The van der Waals surface area contributed by atoms with Crippen LogP contribution in [0.4, 0.5) is 0 Å². The maximum Gasteiger partial charge on any atom is 0.191 e. The molecule has 0 saturated heterocycles. The number of nitrogens with one attached hydrogen (secondary N) is 2. The van der Waals surface area contributed by atoms with Gasteiger partial charge in [-0.3, -0.25) is 4.99 Å². The highest BCUT2D eigenvalue weighted by atomic mass is 127. The number of thiophene rings is 1. The van der Waals surface area contributed by atoms with Crippen LogP contribution >= 0.6 is 46.9 Å². The van der Waals surface area contributed by atoms with Gasteiger partial charge in [-0.25, -0.2) is 0 Å². The van der Waals surface area contributed by atoms with Gasteiger partial charge in [0.2, 0.25) is 0 Å². The molecule has 2 aromatic rings. The van der Waals surface area contributed by atoms with Gasteiger partial charge < -0.3 is 24.9 Å². The standard InChI is InChI=1S/C16H22ClN3O3S.HI/c1-22-10-8-19-16(18-7-6-12-3-2-9-23-12)20-11-13(21)14-4-5-15(17)24-14;/h2-5,9,13,21H,6-8,10-11H2,1H3,(H2,18,19,20);1H. The zero-order valence-corrected chi connectivity index (χ0v) is 17.8. The van der Waals surface area contributed by atoms with E-state index < -0.39 is 6.10 Å². The summed E-state index contributed by atoms with van der Waals surface area (Å²) in [7, 11) is 1.65. The molecule has 0 spiro atoms. The van der Waals surface area contributed by atoms with Gasteiger partial charge in [-0.1, -0.05) is 11.6 Å². The lowest BCUT2D eigenvalue weighted by atomic mass is 10.3. The summed E-state index contributed by atoms with van der Waals surface area (Å²) in [5, 5.41) is 16.6. The number of hydrogen-bond donors (Lipinski definition) is 3. The van der Waals surface area contributed by atoms with Crippen LogP contribution in [0.15, 0.2) is 39.9 Å². The van der Waals surface area contributed by atoms with Crippen molar-refractivity contribution in [3.05, 3.63) is 45.5 Å². The Hall–Kier alpha value is -0.810. The van der Waals surface area contributed by atoms with Gasteiger partial charge in [-0.05, 0) is 24.3 Å². The van der Waals surface area contributed by atoms with E-state index >= 15 is 0 Å². The molecule has 6 nitrogen and oxygen atoms in total. The Morgan fingerprint density at radius 2 is 2.16 bits per heavy atom. The second-order valence-corrected chi connectivity index (χ2v) is 6.77. The molecule has 0 saturated carbocycles. The summed E-state index contributed by atoms with van der Waals surface area (Å²) in [6.07, 6.45) is 1.73. The zero-order valence-electron chi connectivity index (χ0n) is 13.9. The quantitative estimate of drug-likeness (QED) is 0.214. The van der Waals surface area contributed by atoms with Crippen LogP contribution in [0.2, 0.25) is 4.34 Å². The van der Waals surface area contributed by atoms with Gasteiger partial charge in [0, 0.05) is 31.5 Å². The summed E-state index contributed by atoms with van der Waals surface area (Å²) in [4.78, 5) is 5.22. The monoisotopic (exact) mass is 499 g/mol. The van der Waals surface area contributed by atoms with E-state index in [0.29, 0.717) is 30.0 Å². The highest BCUT2D eigenvalue weighted by Gasteiger charge is 2.10. The van der Waals surface area contributed by atoms with Crippen LogP contribution in [0.1, 0.15) is 16.7 Å². The average molecular weight is 500 g/mol. The molecule has 1 unspecified atom stereocenters. The number of rotatable bonds is 9. The molecule has 3 N–H and O–H groups in total. The second kappa shape index (κ2) is 12.5. The summed E-state index contributed by atoms with van der Waals surface area (Å²) in [5.74, 6) is 1.53. The van der Waals surface area contributed by atoms with Crippen molar-refractivity contribution < 1.29 is 14.3 Å². The van der Waals surface area contributed by atoms with Gasteiger partial charge in [-0.2, -0.15) is 0 Å². The van der Waals surface area contributed by atoms with Gasteiger partial charge in [0.05, 0.1) is 23.8 Å². The van der Waals surface area contributed by atoms with Crippen LogP contribution in [0.3, 0.4) is 0 Å². The molecule has 1 atom stereocenters. The molecule has 0 aliphatic rings. The summed E-state index contributed by atoms with van der Waals surface area (Å²) in [6.45, 7) is 2.12. The molecule has 0 aliphatic heterocycles. The van der Waals surface area contributed by atoms with Gasteiger partial charge in [0.25, 0.3) is 0 Å². The van der Waals surface area contributed by atoms with Crippen molar-refractivity contribution in [3.8, 4) is 0 Å². The lowest BCUT2D eigenvalue weighted by molar-refractivity contribution is 0.190. The summed E-state index contributed by atoms with van der Waals surface area (Å²) in [5.41, 5.74) is 0. The van der Waals surface area contributed by atoms with Gasteiger partial charge in [0.1, 0.15) is 11.9 Å². The van der Waals surface area contributed by atoms with Crippen molar-refractivity contribution in [2.24, 2.45) is 4.99 Å². The van der Waals surface area contributed by atoms with Crippen LogP contribution in [0, 0.1) is 0 Å². The second-order valence-electron chi connectivity index (χ2n) is 5.02. The maximum atomic E-state index is 10.2. The molecule has 0 aliphatic carbocycles. The summed E-state index contributed by atoms with van der Waals surface area (Å²) < 4.78 is 11.0. The van der Waals surface area contributed by atoms with Crippen molar-refractivity contribution in [3.63, 3.8) is 0 Å². The SMILES string of the molecule is COCCNC(=NCC(O)c1ccc(Cl)s1)NCCc1ccco1.I. The number of methoxy groups -OCH3 is 1. The first-order valence-corrected chi connectivity index (χ1v) is 8.85. The molecule has 25 heavy (non-hydrogen) atoms. The Bertz CT molecular complexity index is 622. The van der Waals surface area contributed by atoms with Gasteiger partial charge in [-0.15, -0.1) is 35.3 Å². The van der Waals surface area contributed by atoms with E-state index in [1.807, 2.05) is 18.2 Å². The summed E-state index contributed by atoms with van der Waals surface area (Å²) in [6, 6.07) is 7.38. The molecule has 9 heteroatoms. The number of aliphatic hydroxyl groups is 1. The molecule has 2 rings (SSSR count). The third kappa shape index (κ3) is 8.41. The molecule has 2 heterocycles. The number of guanidine groups is 1. The van der Waals surface area contributed by atoms with Crippen LogP contribution in [-0.2, 0) is 11.2 Å². The van der Waals surface area contributed by atoms with Crippen LogP contribution in [-0.4, -0.2) is 44.4 Å². The van der Waals surface area contributed by atoms with E-state index in [1.165, 1.54) is 11.3 Å². The van der Waals surface area contributed by atoms with Gasteiger partial charge in [0.15, 0.2) is 5.96 Å². The van der Waals surface area contributed by atoms with E-state index in [2.05, 4.69) is 15.6 Å². The third-order valence-electron chi connectivity index (χ3n) is 3.19. The minimum atomic E-state index is -0.673. The van der Waals surface area contributed by atoms with E-state index in [4.69, 9.17) is 20.8 Å². The number of aliphatic hydroxyl groups excluding tert-OH is 1. The molecule has 0 fully saturated rings. The van der Waals surface area contributed by atoms with Crippen molar-refractivity contribution in [1.82, 2.24) is 10.6 Å². The Balaban J connectivity index is 0.00000312. The molecule has 0 aromatic carbocycles. The van der Waals surface area contributed by atoms with Crippen LogP contribution in [0.5, 0.6) is 0 Å². The minimum Gasteiger partial charge on any atom is -0.469 e. The third-order valence-corrected chi connectivity index (χ3v) is 4.52. The lowest BCUT2D eigenvalue weighted by Crippen LogP contribution is -2.40. The molecule has 0 radical (unpaired) electrons. The van der Waals surface area contributed by atoms with Crippen LogP contribution in [0.25, 0.3) is 0 Å². The normalized spacial score (nSPS) is 12.5. The number of hydrogen-bond acceptors (Lipinski definition) is 5. The van der Waals surface area contributed by atoms with Crippen molar-refractivity contribution >= 4 is 52.9 Å². The molecular weight excluding hydrogens is 477 g/mol. The highest BCUT2D eigenvalue weighted by molar-refractivity contribution is 14.0. The highest BCUT2D eigenvalue weighted by Crippen LogP contribution is 2.26. The number of ether oxygens (including phenoxy) is 1. The molecule has 0 amide bonds. The fourth-order valence-corrected chi connectivity index (χ4v) is 3.02. The molecule has 0 bridgehead atoms. The fourth-order valence-electron chi connectivity index (χ4n) is 1.98. The lowest BCUT2D eigenvalue weighted by Gasteiger charge is -2.13. The number of nitrogens with zero attached hydrogens (tertiary/aromatic N) is 1. The predicted molar refractivity (Wildman–Crippen MR) is 112 cm³/mol. The topological polar surface area (TPSA) is 79.0 Å². The first-order valence-electron chi connectivity index (χ1n) is 7.66. The van der Waals surface area contributed by atoms with Crippen molar-refractivity contribution in [2.45, 2.75) is 12.5 Å². The van der Waals surface area contributed by atoms with Crippen LogP contribution < -0.4 is 10.6 Å². The van der Waals surface area contributed by atoms with E-state index in [9.17, 15) is 5.11 Å². The van der Waals surface area contributed by atoms with Gasteiger partial charge >= 0.3 is 0 Å². The Morgan fingerprint density at radius 1 is 1.36 bits per heavy atom. The smallest absolute Gasteiger partial charge is 0.191 e. The summed E-state index contributed by atoms with van der Waals surface area (Å²) >= 11 is 7.25. The van der Waals surface area contributed by atoms with E-state index in [0.717, 1.165) is 17.1 Å². The Morgan fingerprint density at radius 3 is 2.80 bits per heavy atom. The Labute approximate surface area is 173 Å². The zero-order chi connectivity index (χ0) is 17.2. The minimum absolute atomic E-state index is 0.